The summed E-state index contributed by atoms with van der Waals surface area (Å²) in [4.78, 5) is 0. The second kappa shape index (κ2) is 4.08. The van der Waals surface area contributed by atoms with Gasteiger partial charge in [-0.1, -0.05) is 11.6 Å². The predicted molar refractivity (Wildman–Crippen MR) is 63.5 cm³/mol. The fraction of sp³-hybridized carbons (Fsp3) is 0.100. The minimum atomic E-state index is 0.537. The monoisotopic (exact) mass is 240 g/mol. The van der Waals surface area contributed by atoms with Gasteiger partial charge in [-0.15, -0.1) is 0 Å². The van der Waals surface area contributed by atoms with Gasteiger partial charge in [-0.05, 0) is 23.7 Å². The van der Waals surface area contributed by atoms with Crippen LogP contribution in [0.4, 0.5) is 5.69 Å². The summed E-state index contributed by atoms with van der Waals surface area (Å²) in [5, 5.41) is 2.53. The third kappa shape index (κ3) is 1.91. The number of nitrogen functional groups attached to an aromatic ring is 1. The van der Waals surface area contributed by atoms with Crippen LogP contribution in [-0.2, 0) is 0 Å². The summed E-state index contributed by atoms with van der Waals surface area (Å²) in [6, 6.07) is 3.51. The largest absolute Gasteiger partial charge is 0.495 e. The van der Waals surface area contributed by atoms with E-state index in [2.05, 4.69) is 4.37 Å². The minimum Gasteiger partial charge on any atom is -0.495 e. The van der Waals surface area contributed by atoms with E-state index in [1.807, 2.05) is 11.4 Å². The number of hydrogen-bond acceptors (Lipinski definition) is 4. The molecule has 5 heteroatoms. The van der Waals surface area contributed by atoms with Crippen molar-refractivity contribution in [3.05, 3.63) is 28.7 Å². The van der Waals surface area contributed by atoms with E-state index in [0.717, 1.165) is 11.1 Å². The molecule has 0 aliphatic rings. The standard InChI is InChI=1S/C10H9ClN2OS/c1-14-10-2-7(6-4-13-15-5-6)8(11)3-9(10)12/h2-5H,12H2,1H3. The molecule has 78 valence electrons. The molecule has 15 heavy (non-hydrogen) atoms. The van der Waals surface area contributed by atoms with Gasteiger partial charge in [0.05, 0.1) is 17.8 Å². The summed E-state index contributed by atoms with van der Waals surface area (Å²) in [6.45, 7) is 0. The summed E-state index contributed by atoms with van der Waals surface area (Å²) in [5.74, 6) is 0.626. The van der Waals surface area contributed by atoms with E-state index in [4.69, 9.17) is 22.1 Å². The van der Waals surface area contributed by atoms with Crippen LogP contribution in [0.3, 0.4) is 0 Å². The van der Waals surface area contributed by atoms with Gasteiger partial charge in [0.1, 0.15) is 5.75 Å². The molecule has 0 aliphatic carbocycles. The molecule has 0 saturated heterocycles. The Balaban J connectivity index is 2.57. The highest BCUT2D eigenvalue weighted by molar-refractivity contribution is 7.03. The first-order valence-electron chi connectivity index (χ1n) is 4.25. The normalized spacial score (nSPS) is 10.3. The van der Waals surface area contributed by atoms with E-state index in [1.54, 1.807) is 19.4 Å². The van der Waals surface area contributed by atoms with Gasteiger partial charge in [-0.3, -0.25) is 0 Å². The van der Waals surface area contributed by atoms with Crippen LogP contribution in [0.1, 0.15) is 0 Å². The molecule has 0 atom stereocenters. The van der Waals surface area contributed by atoms with Gasteiger partial charge in [0, 0.05) is 22.7 Å². The van der Waals surface area contributed by atoms with Crippen LogP contribution >= 0.6 is 23.1 Å². The molecule has 2 aromatic rings. The number of benzene rings is 1. The average Bonchev–Trinajstić information content (AvgIpc) is 2.71. The molecule has 0 unspecified atom stereocenters. The number of aromatic nitrogens is 1. The molecule has 0 radical (unpaired) electrons. The van der Waals surface area contributed by atoms with Crippen molar-refractivity contribution in [2.24, 2.45) is 0 Å². The molecule has 0 fully saturated rings. The minimum absolute atomic E-state index is 0.537. The van der Waals surface area contributed by atoms with Crippen LogP contribution in [0.5, 0.6) is 5.75 Å². The van der Waals surface area contributed by atoms with Crippen molar-refractivity contribution in [1.82, 2.24) is 4.37 Å². The topological polar surface area (TPSA) is 48.1 Å². The molecule has 0 amide bonds. The first kappa shape index (κ1) is 10.3. The lowest BCUT2D eigenvalue weighted by molar-refractivity contribution is 0.417. The maximum absolute atomic E-state index is 6.09. The lowest BCUT2D eigenvalue weighted by Crippen LogP contribution is -1.93. The number of anilines is 1. The van der Waals surface area contributed by atoms with Gasteiger partial charge >= 0.3 is 0 Å². The van der Waals surface area contributed by atoms with Crippen molar-refractivity contribution in [3.63, 3.8) is 0 Å². The zero-order valence-electron chi connectivity index (χ0n) is 8.03. The Labute approximate surface area is 96.6 Å². The van der Waals surface area contributed by atoms with Crippen LogP contribution < -0.4 is 10.5 Å². The van der Waals surface area contributed by atoms with Gasteiger partial charge < -0.3 is 10.5 Å². The van der Waals surface area contributed by atoms with Crippen LogP contribution in [0.15, 0.2) is 23.7 Å². The maximum atomic E-state index is 6.09. The summed E-state index contributed by atoms with van der Waals surface area (Å²) < 4.78 is 9.17. The van der Waals surface area contributed by atoms with Crippen LogP contribution in [0.2, 0.25) is 5.02 Å². The van der Waals surface area contributed by atoms with Gasteiger partial charge in [0.15, 0.2) is 0 Å². The molecule has 1 aromatic heterocycles. The Morgan fingerprint density at radius 3 is 2.87 bits per heavy atom. The van der Waals surface area contributed by atoms with Crippen LogP contribution in [0.25, 0.3) is 11.1 Å². The molecular formula is C10H9ClN2OS. The second-order valence-corrected chi connectivity index (χ2v) is 4.05. The summed E-state index contributed by atoms with van der Waals surface area (Å²) >= 11 is 7.47. The third-order valence-corrected chi connectivity index (χ3v) is 2.96. The average molecular weight is 241 g/mol. The Hall–Kier alpha value is -1.26. The van der Waals surface area contributed by atoms with E-state index < -0.39 is 0 Å². The number of rotatable bonds is 2. The number of nitrogens with two attached hydrogens (primary N) is 1. The molecule has 3 nitrogen and oxygen atoms in total. The van der Waals surface area contributed by atoms with E-state index >= 15 is 0 Å². The van der Waals surface area contributed by atoms with E-state index in [9.17, 15) is 0 Å². The number of ether oxygens (including phenoxy) is 1. The Kier molecular flexibility index (Phi) is 2.79. The number of hydrogen-bond donors (Lipinski definition) is 1. The molecule has 0 spiro atoms. The Bertz CT molecular complexity index is 471. The second-order valence-electron chi connectivity index (χ2n) is 2.99. The lowest BCUT2D eigenvalue weighted by Gasteiger charge is -2.08. The van der Waals surface area contributed by atoms with Gasteiger partial charge in [-0.25, -0.2) is 4.37 Å². The molecule has 0 aliphatic heterocycles. The smallest absolute Gasteiger partial charge is 0.142 e. The first-order chi connectivity index (χ1) is 7.22. The van der Waals surface area contributed by atoms with Crippen molar-refractivity contribution in [2.45, 2.75) is 0 Å². The highest BCUT2D eigenvalue weighted by Crippen LogP contribution is 2.35. The molecule has 2 N–H and O–H groups in total. The Morgan fingerprint density at radius 1 is 1.47 bits per heavy atom. The van der Waals surface area contributed by atoms with E-state index in [1.165, 1.54) is 11.5 Å². The zero-order valence-corrected chi connectivity index (χ0v) is 9.60. The highest BCUT2D eigenvalue weighted by atomic mass is 35.5. The summed E-state index contributed by atoms with van der Waals surface area (Å²) in [7, 11) is 1.58. The number of nitrogens with zero attached hydrogens (tertiary/aromatic N) is 1. The summed E-state index contributed by atoms with van der Waals surface area (Å²) in [5.41, 5.74) is 8.13. The molecule has 1 aromatic carbocycles. The lowest BCUT2D eigenvalue weighted by atomic mass is 10.1. The van der Waals surface area contributed by atoms with Gasteiger partial charge in [0.2, 0.25) is 0 Å². The van der Waals surface area contributed by atoms with Crippen molar-refractivity contribution < 1.29 is 4.74 Å². The fourth-order valence-corrected chi connectivity index (χ4v) is 2.12. The van der Waals surface area contributed by atoms with Crippen molar-refractivity contribution in [3.8, 4) is 16.9 Å². The van der Waals surface area contributed by atoms with Gasteiger partial charge in [-0.2, -0.15) is 0 Å². The fourth-order valence-electron chi connectivity index (χ4n) is 1.30. The zero-order chi connectivity index (χ0) is 10.8. The Morgan fingerprint density at radius 2 is 2.27 bits per heavy atom. The van der Waals surface area contributed by atoms with Gasteiger partial charge in [0.25, 0.3) is 0 Å². The van der Waals surface area contributed by atoms with Crippen molar-refractivity contribution in [2.75, 3.05) is 12.8 Å². The number of halogens is 1. The summed E-state index contributed by atoms with van der Waals surface area (Å²) in [6.07, 6.45) is 1.77. The molecule has 0 bridgehead atoms. The van der Waals surface area contributed by atoms with Crippen molar-refractivity contribution in [1.29, 1.82) is 0 Å². The van der Waals surface area contributed by atoms with Crippen LogP contribution in [0, 0.1) is 0 Å². The number of methoxy groups -OCH3 is 1. The van der Waals surface area contributed by atoms with E-state index in [0.29, 0.717) is 16.5 Å². The quantitative estimate of drug-likeness (QED) is 0.821. The van der Waals surface area contributed by atoms with Crippen LogP contribution in [-0.4, -0.2) is 11.5 Å². The van der Waals surface area contributed by atoms with E-state index in [-0.39, 0.29) is 0 Å². The highest BCUT2D eigenvalue weighted by Gasteiger charge is 2.09. The molecule has 0 saturated carbocycles. The third-order valence-electron chi connectivity index (χ3n) is 2.06. The molecule has 2 rings (SSSR count). The first-order valence-corrected chi connectivity index (χ1v) is 5.46. The molecular weight excluding hydrogens is 232 g/mol. The van der Waals surface area contributed by atoms with Crippen molar-refractivity contribution >= 4 is 28.8 Å². The maximum Gasteiger partial charge on any atom is 0.142 e. The molecule has 1 heterocycles. The predicted octanol–water partition coefficient (Wildman–Crippen LogP) is 3.05. The SMILES string of the molecule is COc1cc(-c2cnsc2)c(Cl)cc1N.